The van der Waals surface area contributed by atoms with Gasteiger partial charge in [-0.15, -0.1) is 0 Å². The molecule has 0 aromatic heterocycles. The summed E-state index contributed by atoms with van der Waals surface area (Å²) in [6.45, 7) is 12.9. The molecule has 0 spiro atoms. The van der Waals surface area contributed by atoms with Crippen LogP contribution in [0, 0.1) is 5.92 Å². The van der Waals surface area contributed by atoms with Crippen molar-refractivity contribution < 1.29 is 9.53 Å². The normalized spacial score (nSPS) is 14.6. The molecule has 2 N–H and O–H groups in total. The molecular formula is C16H34N2O2. The van der Waals surface area contributed by atoms with Crippen molar-refractivity contribution in [3.8, 4) is 0 Å². The lowest BCUT2D eigenvalue weighted by Gasteiger charge is -2.39. The van der Waals surface area contributed by atoms with Gasteiger partial charge in [-0.05, 0) is 5.92 Å². The van der Waals surface area contributed by atoms with Crippen LogP contribution < -0.4 is 5.73 Å². The number of hydrogen-bond acceptors (Lipinski definition) is 4. The number of likely N-dealkylation sites (N-methyl/N-ethyl adjacent to an activating group) is 1. The smallest absolute Gasteiger partial charge is 0.122 e. The van der Waals surface area contributed by atoms with Gasteiger partial charge in [0.05, 0.1) is 12.1 Å². The zero-order chi connectivity index (χ0) is 16.1. The molecule has 20 heavy (non-hydrogen) atoms. The van der Waals surface area contributed by atoms with Crippen LogP contribution in [0.4, 0.5) is 0 Å². The third kappa shape index (κ3) is 7.65. The van der Waals surface area contributed by atoms with Gasteiger partial charge < -0.3 is 20.2 Å². The second-order valence-corrected chi connectivity index (χ2v) is 5.14. The van der Waals surface area contributed by atoms with E-state index in [9.17, 15) is 4.79 Å². The monoisotopic (exact) mass is 286 g/mol. The molecule has 0 aromatic rings. The highest BCUT2D eigenvalue weighted by Gasteiger charge is 2.29. The molecule has 0 bridgehead atoms. The van der Waals surface area contributed by atoms with Crippen LogP contribution in [0.25, 0.3) is 0 Å². The lowest BCUT2D eigenvalue weighted by molar-refractivity contribution is -0.111. The molecule has 0 amide bonds. The van der Waals surface area contributed by atoms with E-state index in [-0.39, 0.29) is 12.1 Å². The molecule has 0 aromatic carbocycles. The molecule has 0 rings (SSSR count). The van der Waals surface area contributed by atoms with Crippen molar-refractivity contribution >= 4 is 6.29 Å². The molecule has 3 atom stereocenters. The van der Waals surface area contributed by atoms with Gasteiger partial charge in [0.1, 0.15) is 6.29 Å². The number of carbonyl (C=O) groups excluding carboxylic acids is 1. The maximum absolute atomic E-state index is 10.7. The molecule has 0 aliphatic rings. The molecule has 120 valence electrons. The van der Waals surface area contributed by atoms with Crippen LogP contribution >= 0.6 is 0 Å². The largest absolute Gasteiger partial charge is 0.379 e. The summed E-state index contributed by atoms with van der Waals surface area (Å²) in [5.74, 6) is 0.410. The van der Waals surface area contributed by atoms with E-state index in [1.54, 1.807) is 7.11 Å². The molecule has 4 heteroatoms. The number of ether oxygens (including phenoxy) is 1. The fourth-order valence-corrected chi connectivity index (χ4v) is 2.06. The average Bonchev–Trinajstić information content (AvgIpc) is 2.45. The van der Waals surface area contributed by atoms with E-state index in [2.05, 4.69) is 34.3 Å². The van der Waals surface area contributed by atoms with Gasteiger partial charge in [0, 0.05) is 32.8 Å². The van der Waals surface area contributed by atoms with Crippen LogP contribution in [0.3, 0.4) is 0 Å². The van der Waals surface area contributed by atoms with Gasteiger partial charge in [0.2, 0.25) is 0 Å². The number of carbonyl (C=O) groups is 1. The fourth-order valence-electron chi connectivity index (χ4n) is 2.06. The summed E-state index contributed by atoms with van der Waals surface area (Å²) < 4.78 is 5.44. The topological polar surface area (TPSA) is 55.6 Å². The van der Waals surface area contributed by atoms with Gasteiger partial charge in [-0.3, -0.25) is 0 Å². The standard InChI is InChI=1S/C13H26N2O2.C3H8/c1-6-10(2)13(12(17-5)7-8-16)15(4)11(3)9-14;1-3-2/h8,10,12-13H,3,6-7,9,14H2,1-2,4-5H3;3H2,1-2H3. The Morgan fingerprint density at radius 1 is 1.40 bits per heavy atom. The molecule has 0 heterocycles. The van der Waals surface area contributed by atoms with Crippen LogP contribution in [0.5, 0.6) is 0 Å². The van der Waals surface area contributed by atoms with E-state index >= 15 is 0 Å². The Hall–Kier alpha value is -0.870. The van der Waals surface area contributed by atoms with Gasteiger partial charge in [-0.2, -0.15) is 0 Å². The second-order valence-electron chi connectivity index (χ2n) is 5.14. The molecule has 4 nitrogen and oxygen atoms in total. The number of nitrogens with two attached hydrogens (primary N) is 1. The molecule has 0 radical (unpaired) electrons. The molecular weight excluding hydrogens is 252 g/mol. The number of aldehydes is 1. The number of hydrogen-bond donors (Lipinski definition) is 1. The lowest BCUT2D eigenvalue weighted by Crippen LogP contribution is -2.47. The summed E-state index contributed by atoms with van der Waals surface area (Å²) in [4.78, 5) is 12.8. The number of rotatable bonds is 9. The summed E-state index contributed by atoms with van der Waals surface area (Å²) >= 11 is 0. The van der Waals surface area contributed by atoms with E-state index in [1.807, 2.05) is 11.9 Å². The molecule has 3 unspecified atom stereocenters. The Morgan fingerprint density at radius 3 is 2.20 bits per heavy atom. The second kappa shape index (κ2) is 13.1. The first-order valence-electron chi connectivity index (χ1n) is 7.51. The van der Waals surface area contributed by atoms with Crippen molar-refractivity contribution in [2.75, 3.05) is 20.7 Å². The summed E-state index contributed by atoms with van der Waals surface area (Å²) in [5.41, 5.74) is 6.48. The van der Waals surface area contributed by atoms with E-state index in [0.717, 1.165) is 18.4 Å². The van der Waals surface area contributed by atoms with Crippen LogP contribution in [0.15, 0.2) is 12.3 Å². The lowest BCUT2D eigenvalue weighted by atomic mass is 9.91. The minimum absolute atomic E-state index is 0.115. The Labute approximate surface area is 125 Å². The van der Waals surface area contributed by atoms with Gasteiger partial charge in [-0.1, -0.05) is 47.1 Å². The van der Waals surface area contributed by atoms with Crippen molar-refractivity contribution in [2.24, 2.45) is 11.7 Å². The first-order chi connectivity index (χ1) is 9.44. The average molecular weight is 286 g/mol. The van der Waals surface area contributed by atoms with Crippen molar-refractivity contribution in [1.29, 1.82) is 0 Å². The van der Waals surface area contributed by atoms with Crippen LogP contribution in [0.1, 0.15) is 47.0 Å². The highest BCUT2D eigenvalue weighted by molar-refractivity contribution is 5.50. The highest BCUT2D eigenvalue weighted by Crippen LogP contribution is 2.22. The summed E-state index contributed by atoms with van der Waals surface area (Å²) in [6.07, 6.45) is 3.46. The van der Waals surface area contributed by atoms with E-state index in [4.69, 9.17) is 10.5 Å². The Bertz CT molecular complexity index is 257. The van der Waals surface area contributed by atoms with E-state index in [1.165, 1.54) is 6.42 Å². The van der Waals surface area contributed by atoms with E-state index < -0.39 is 0 Å². The summed E-state index contributed by atoms with van der Waals surface area (Å²) in [7, 11) is 3.60. The van der Waals surface area contributed by atoms with Crippen LogP contribution in [0.2, 0.25) is 0 Å². The van der Waals surface area contributed by atoms with Crippen molar-refractivity contribution in [3.05, 3.63) is 12.3 Å². The predicted molar refractivity (Wildman–Crippen MR) is 86.6 cm³/mol. The van der Waals surface area contributed by atoms with Gasteiger partial charge in [0.25, 0.3) is 0 Å². The number of methoxy groups -OCH3 is 1. The van der Waals surface area contributed by atoms with Crippen molar-refractivity contribution in [1.82, 2.24) is 4.90 Å². The van der Waals surface area contributed by atoms with Gasteiger partial charge >= 0.3 is 0 Å². The third-order valence-corrected chi connectivity index (χ3v) is 3.42. The maximum atomic E-state index is 10.7. The SMILES string of the molecule is C=C(CN)N(C)C(C(C)CC)C(CC=O)OC.CCC. The van der Waals surface area contributed by atoms with Crippen molar-refractivity contribution in [2.45, 2.75) is 59.1 Å². The van der Waals surface area contributed by atoms with Crippen molar-refractivity contribution in [3.63, 3.8) is 0 Å². The maximum Gasteiger partial charge on any atom is 0.122 e. The van der Waals surface area contributed by atoms with Gasteiger partial charge in [0.15, 0.2) is 0 Å². The van der Waals surface area contributed by atoms with Gasteiger partial charge in [-0.25, -0.2) is 0 Å². The minimum Gasteiger partial charge on any atom is -0.379 e. The zero-order valence-corrected chi connectivity index (χ0v) is 14.2. The Balaban J connectivity index is 0. The molecule has 0 saturated heterocycles. The number of nitrogens with zero attached hydrogens (tertiary/aromatic N) is 1. The van der Waals surface area contributed by atoms with E-state index in [0.29, 0.717) is 18.9 Å². The highest BCUT2D eigenvalue weighted by atomic mass is 16.5. The molecule has 0 aliphatic heterocycles. The zero-order valence-electron chi connectivity index (χ0n) is 14.2. The summed E-state index contributed by atoms with van der Waals surface area (Å²) in [6, 6.07) is 0.131. The Morgan fingerprint density at radius 2 is 1.90 bits per heavy atom. The third-order valence-electron chi connectivity index (χ3n) is 3.42. The first kappa shape index (κ1) is 21.4. The predicted octanol–water partition coefficient (Wildman–Crippen LogP) is 2.83. The molecule has 0 fully saturated rings. The minimum atomic E-state index is -0.115. The quantitative estimate of drug-likeness (QED) is 0.662. The summed E-state index contributed by atoms with van der Waals surface area (Å²) in [5, 5.41) is 0. The fraction of sp³-hybridized carbons (Fsp3) is 0.812. The Kier molecular flexibility index (Phi) is 14.1. The molecule has 0 aliphatic carbocycles. The molecule has 0 saturated carbocycles. The van der Waals surface area contributed by atoms with Crippen LogP contribution in [-0.4, -0.2) is 44.0 Å². The van der Waals surface area contributed by atoms with Crippen LogP contribution in [-0.2, 0) is 9.53 Å². The first-order valence-corrected chi connectivity index (χ1v) is 7.51.